The van der Waals surface area contributed by atoms with Crippen LogP contribution in [0.5, 0.6) is 0 Å². The molecule has 2 N–H and O–H groups in total. The summed E-state index contributed by atoms with van der Waals surface area (Å²) in [6.45, 7) is 7.87. The summed E-state index contributed by atoms with van der Waals surface area (Å²) in [7, 11) is 0. The molecule has 0 radical (unpaired) electrons. The first-order valence-electron chi connectivity index (χ1n) is 9.84. The standard InChI is InChI=1S/C25H26N2O2S/c1-16-6-5-7-20(13-16)25(29)26-21-8-10-23(11-9-21)30-19(4)24(28)27-22-14-17(2)12-18(3)15-22/h5-15,19H,1-4H3,(H,26,29)(H,27,28). The van der Waals surface area contributed by atoms with E-state index in [2.05, 4.69) is 16.7 Å². The minimum absolute atomic E-state index is 0.0400. The van der Waals surface area contributed by atoms with Crippen LogP contribution in [0.3, 0.4) is 0 Å². The Kier molecular flexibility index (Phi) is 6.95. The van der Waals surface area contributed by atoms with Crippen molar-refractivity contribution in [3.05, 3.63) is 89.0 Å². The van der Waals surface area contributed by atoms with Gasteiger partial charge in [0.15, 0.2) is 0 Å². The minimum atomic E-state index is -0.251. The molecule has 5 heteroatoms. The number of carbonyl (C=O) groups excluding carboxylic acids is 2. The Hall–Kier alpha value is -3.05. The average molecular weight is 419 g/mol. The van der Waals surface area contributed by atoms with Crippen LogP contribution in [0.15, 0.2) is 71.6 Å². The Morgan fingerprint density at radius 3 is 2.07 bits per heavy atom. The molecule has 3 aromatic carbocycles. The number of anilines is 2. The van der Waals surface area contributed by atoms with Gasteiger partial charge in [0, 0.05) is 21.8 Å². The molecule has 0 aliphatic heterocycles. The number of carbonyl (C=O) groups is 2. The van der Waals surface area contributed by atoms with E-state index in [1.165, 1.54) is 11.8 Å². The van der Waals surface area contributed by atoms with Crippen molar-refractivity contribution in [2.45, 2.75) is 37.8 Å². The van der Waals surface area contributed by atoms with Crippen LogP contribution in [-0.4, -0.2) is 17.1 Å². The number of amides is 2. The molecule has 0 spiro atoms. The van der Waals surface area contributed by atoms with Gasteiger partial charge in [0.1, 0.15) is 0 Å². The maximum absolute atomic E-state index is 12.5. The summed E-state index contributed by atoms with van der Waals surface area (Å²) in [5.74, 6) is -0.179. The predicted molar refractivity (Wildman–Crippen MR) is 125 cm³/mol. The Morgan fingerprint density at radius 1 is 0.767 bits per heavy atom. The first-order valence-corrected chi connectivity index (χ1v) is 10.7. The molecule has 30 heavy (non-hydrogen) atoms. The quantitative estimate of drug-likeness (QED) is 0.484. The number of aryl methyl sites for hydroxylation is 3. The molecular formula is C25H26N2O2S. The normalized spacial score (nSPS) is 11.6. The average Bonchev–Trinajstić information content (AvgIpc) is 2.68. The van der Waals surface area contributed by atoms with Gasteiger partial charge in [-0.15, -0.1) is 11.8 Å². The number of hydrogen-bond acceptors (Lipinski definition) is 3. The van der Waals surface area contributed by atoms with Crippen LogP contribution in [0.1, 0.15) is 34.0 Å². The predicted octanol–water partition coefficient (Wildman–Crippen LogP) is 5.98. The highest BCUT2D eigenvalue weighted by atomic mass is 32.2. The molecule has 0 aromatic heterocycles. The van der Waals surface area contributed by atoms with Gasteiger partial charge in [0.2, 0.25) is 5.91 Å². The van der Waals surface area contributed by atoms with Crippen molar-refractivity contribution in [3.63, 3.8) is 0 Å². The molecule has 0 fully saturated rings. The summed E-state index contributed by atoms with van der Waals surface area (Å²) >= 11 is 1.48. The van der Waals surface area contributed by atoms with E-state index >= 15 is 0 Å². The van der Waals surface area contributed by atoms with Crippen LogP contribution >= 0.6 is 11.8 Å². The van der Waals surface area contributed by atoms with Crippen molar-refractivity contribution in [2.24, 2.45) is 0 Å². The molecule has 3 rings (SSSR count). The van der Waals surface area contributed by atoms with Crippen molar-refractivity contribution in [1.29, 1.82) is 0 Å². The minimum Gasteiger partial charge on any atom is -0.325 e. The molecule has 0 heterocycles. The van der Waals surface area contributed by atoms with Crippen LogP contribution in [0.25, 0.3) is 0 Å². The Bertz CT molecular complexity index is 1040. The molecule has 0 saturated heterocycles. The van der Waals surface area contributed by atoms with E-state index in [1.807, 2.05) is 82.3 Å². The van der Waals surface area contributed by atoms with Crippen LogP contribution < -0.4 is 10.6 Å². The van der Waals surface area contributed by atoms with Gasteiger partial charge >= 0.3 is 0 Å². The maximum Gasteiger partial charge on any atom is 0.255 e. The highest BCUT2D eigenvalue weighted by Crippen LogP contribution is 2.26. The van der Waals surface area contributed by atoms with Gasteiger partial charge in [0.25, 0.3) is 5.91 Å². The fourth-order valence-electron chi connectivity index (χ4n) is 3.15. The second kappa shape index (κ2) is 9.63. The van der Waals surface area contributed by atoms with Crippen LogP contribution in [-0.2, 0) is 4.79 Å². The molecule has 0 bridgehead atoms. The SMILES string of the molecule is Cc1cc(C)cc(NC(=O)C(C)Sc2ccc(NC(=O)c3cccc(C)c3)cc2)c1. The lowest BCUT2D eigenvalue weighted by atomic mass is 10.1. The number of nitrogens with one attached hydrogen (secondary N) is 2. The molecule has 0 aliphatic rings. The van der Waals surface area contributed by atoms with Crippen LogP contribution in [0.2, 0.25) is 0 Å². The van der Waals surface area contributed by atoms with Gasteiger partial charge in [-0.1, -0.05) is 23.8 Å². The van der Waals surface area contributed by atoms with E-state index in [4.69, 9.17) is 0 Å². The third-order valence-electron chi connectivity index (χ3n) is 4.56. The van der Waals surface area contributed by atoms with Crippen molar-refractivity contribution in [3.8, 4) is 0 Å². The number of rotatable bonds is 6. The molecule has 0 aliphatic carbocycles. The fourth-order valence-corrected chi connectivity index (χ4v) is 4.02. The summed E-state index contributed by atoms with van der Waals surface area (Å²) < 4.78 is 0. The molecule has 4 nitrogen and oxygen atoms in total. The van der Waals surface area contributed by atoms with Gasteiger partial charge in [-0.3, -0.25) is 9.59 Å². The van der Waals surface area contributed by atoms with Gasteiger partial charge in [-0.2, -0.15) is 0 Å². The van der Waals surface area contributed by atoms with Gasteiger partial charge < -0.3 is 10.6 Å². The highest BCUT2D eigenvalue weighted by molar-refractivity contribution is 8.00. The lowest BCUT2D eigenvalue weighted by molar-refractivity contribution is -0.115. The zero-order valence-corrected chi connectivity index (χ0v) is 18.5. The van der Waals surface area contributed by atoms with E-state index in [9.17, 15) is 9.59 Å². The van der Waals surface area contributed by atoms with E-state index < -0.39 is 0 Å². The Labute approximate surface area is 182 Å². The van der Waals surface area contributed by atoms with Gasteiger partial charge in [0.05, 0.1) is 5.25 Å². The first kappa shape index (κ1) is 21.7. The van der Waals surface area contributed by atoms with Gasteiger partial charge in [-0.05, 0) is 87.4 Å². The lowest BCUT2D eigenvalue weighted by Crippen LogP contribution is -2.22. The number of benzene rings is 3. The Balaban J connectivity index is 1.58. The monoisotopic (exact) mass is 418 g/mol. The number of hydrogen-bond donors (Lipinski definition) is 2. The van der Waals surface area contributed by atoms with Crippen LogP contribution in [0.4, 0.5) is 11.4 Å². The Morgan fingerprint density at radius 2 is 1.43 bits per heavy atom. The third-order valence-corrected chi connectivity index (χ3v) is 5.68. The highest BCUT2D eigenvalue weighted by Gasteiger charge is 2.15. The summed E-state index contributed by atoms with van der Waals surface area (Å²) in [5, 5.41) is 5.64. The second-order valence-corrected chi connectivity index (χ2v) is 8.89. The smallest absolute Gasteiger partial charge is 0.255 e. The summed E-state index contributed by atoms with van der Waals surface area (Å²) in [6.07, 6.45) is 0. The lowest BCUT2D eigenvalue weighted by Gasteiger charge is -2.13. The largest absolute Gasteiger partial charge is 0.325 e. The third kappa shape index (κ3) is 5.97. The summed E-state index contributed by atoms with van der Waals surface area (Å²) in [5.41, 5.74) is 5.45. The van der Waals surface area contributed by atoms with E-state index in [0.717, 1.165) is 33.0 Å². The van der Waals surface area contributed by atoms with Crippen molar-refractivity contribution < 1.29 is 9.59 Å². The molecule has 1 unspecified atom stereocenters. The van der Waals surface area contributed by atoms with Crippen molar-refractivity contribution in [1.82, 2.24) is 0 Å². The first-order chi connectivity index (χ1) is 14.3. The van der Waals surface area contributed by atoms with E-state index in [0.29, 0.717) is 5.56 Å². The molecule has 1 atom stereocenters. The number of thioether (sulfide) groups is 1. The molecule has 0 saturated carbocycles. The van der Waals surface area contributed by atoms with Crippen LogP contribution in [0, 0.1) is 20.8 Å². The fraction of sp³-hybridized carbons (Fsp3) is 0.200. The summed E-state index contributed by atoms with van der Waals surface area (Å²) in [6, 6.07) is 21.0. The molecule has 3 aromatic rings. The zero-order valence-electron chi connectivity index (χ0n) is 17.7. The second-order valence-electron chi connectivity index (χ2n) is 7.47. The van der Waals surface area contributed by atoms with E-state index in [1.54, 1.807) is 6.07 Å². The molecule has 2 amide bonds. The summed E-state index contributed by atoms with van der Waals surface area (Å²) in [4.78, 5) is 25.9. The van der Waals surface area contributed by atoms with Crippen molar-refractivity contribution in [2.75, 3.05) is 10.6 Å². The van der Waals surface area contributed by atoms with Crippen molar-refractivity contribution >= 4 is 35.0 Å². The maximum atomic E-state index is 12.5. The van der Waals surface area contributed by atoms with Gasteiger partial charge in [-0.25, -0.2) is 0 Å². The molecule has 154 valence electrons. The molecular weight excluding hydrogens is 392 g/mol. The van der Waals surface area contributed by atoms with E-state index in [-0.39, 0.29) is 17.1 Å². The zero-order chi connectivity index (χ0) is 21.7. The topological polar surface area (TPSA) is 58.2 Å².